The molecular weight excluding hydrogens is 360 g/mol. The maximum Gasteiger partial charge on any atom is 0.171 e. The van der Waals surface area contributed by atoms with Crippen LogP contribution in [0, 0.1) is 11.3 Å². The van der Waals surface area contributed by atoms with Crippen LogP contribution in [-0.4, -0.2) is 37.6 Å². The molecule has 108 valence electrons. The maximum absolute atomic E-state index is 12.3. The number of nitrogens with zero attached hydrogens (tertiary/aromatic N) is 2. The SMILES string of the molecule is CCS(=O)(=O)C1CSCCN1c1ccc(Br)cc1C#N. The second-order valence-corrected chi connectivity index (χ2v) is 8.96. The first-order chi connectivity index (χ1) is 9.49. The Hall–Kier alpha value is -0.710. The highest BCUT2D eigenvalue weighted by Crippen LogP contribution is 2.31. The van der Waals surface area contributed by atoms with Gasteiger partial charge in [0.25, 0.3) is 0 Å². The van der Waals surface area contributed by atoms with E-state index in [1.165, 1.54) is 0 Å². The Labute approximate surface area is 132 Å². The van der Waals surface area contributed by atoms with E-state index in [9.17, 15) is 13.7 Å². The minimum Gasteiger partial charge on any atom is -0.352 e. The van der Waals surface area contributed by atoms with E-state index >= 15 is 0 Å². The van der Waals surface area contributed by atoms with Gasteiger partial charge in [-0.1, -0.05) is 22.9 Å². The monoisotopic (exact) mass is 374 g/mol. The van der Waals surface area contributed by atoms with Crippen molar-refractivity contribution < 1.29 is 8.42 Å². The summed E-state index contributed by atoms with van der Waals surface area (Å²) in [4.78, 5) is 1.86. The van der Waals surface area contributed by atoms with Gasteiger partial charge in [0.15, 0.2) is 9.84 Å². The lowest BCUT2D eigenvalue weighted by atomic mass is 10.1. The summed E-state index contributed by atoms with van der Waals surface area (Å²) in [5.74, 6) is 1.54. The van der Waals surface area contributed by atoms with Crippen LogP contribution in [-0.2, 0) is 9.84 Å². The van der Waals surface area contributed by atoms with Crippen molar-refractivity contribution in [3.63, 3.8) is 0 Å². The minimum atomic E-state index is -3.17. The summed E-state index contributed by atoms with van der Waals surface area (Å²) in [6, 6.07) is 7.54. The van der Waals surface area contributed by atoms with Gasteiger partial charge in [-0.25, -0.2) is 8.42 Å². The van der Waals surface area contributed by atoms with Crippen LogP contribution >= 0.6 is 27.7 Å². The van der Waals surface area contributed by atoms with Gasteiger partial charge in [0, 0.05) is 28.3 Å². The van der Waals surface area contributed by atoms with Gasteiger partial charge >= 0.3 is 0 Å². The van der Waals surface area contributed by atoms with E-state index in [0.717, 1.165) is 10.2 Å². The molecule has 0 aliphatic carbocycles. The van der Waals surface area contributed by atoms with Crippen LogP contribution in [0.5, 0.6) is 0 Å². The molecule has 1 heterocycles. The molecule has 0 bridgehead atoms. The molecular formula is C13H15BrN2O2S2. The van der Waals surface area contributed by atoms with Crippen LogP contribution in [0.15, 0.2) is 22.7 Å². The molecule has 1 saturated heterocycles. The molecule has 1 atom stereocenters. The van der Waals surface area contributed by atoms with Crippen LogP contribution in [0.25, 0.3) is 0 Å². The average molecular weight is 375 g/mol. The molecule has 1 unspecified atom stereocenters. The number of thioether (sulfide) groups is 1. The van der Waals surface area contributed by atoms with E-state index in [2.05, 4.69) is 22.0 Å². The summed E-state index contributed by atoms with van der Waals surface area (Å²) in [6.45, 7) is 2.31. The summed E-state index contributed by atoms with van der Waals surface area (Å²) in [6.07, 6.45) is 0. The van der Waals surface area contributed by atoms with E-state index < -0.39 is 15.2 Å². The van der Waals surface area contributed by atoms with Gasteiger partial charge in [-0.15, -0.1) is 0 Å². The zero-order valence-electron chi connectivity index (χ0n) is 11.0. The first-order valence-corrected chi connectivity index (χ1v) is 9.91. The van der Waals surface area contributed by atoms with Gasteiger partial charge in [-0.05, 0) is 18.2 Å². The lowest BCUT2D eigenvalue weighted by molar-refractivity contribution is 0.579. The second kappa shape index (κ2) is 6.37. The highest BCUT2D eigenvalue weighted by atomic mass is 79.9. The maximum atomic E-state index is 12.3. The number of sulfone groups is 1. The highest BCUT2D eigenvalue weighted by molar-refractivity contribution is 9.10. The molecule has 1 fully saturated rings. The van der Waals surface area contributed by atoms with Crippen molar-refractivity contribution in [3.8, 4) is 6.07 Å². The van der Waals surface area contributed by atoms with Gasteiger partial charge < -0.3 is 4.90 Å². The van der Waals surface area contributed by atoms with Crippen molar-refractivity contribution in [1.82, 2.24) is 0 Å². The van der Waals surface area contributed by atoms with Crippen molar-refractivity contribution in [1.29, 1.82) is 5.26 Å². The van der Waals surface area contributed by atoms with Crippen molar-refractivity contribution in [3.05, 3.63) is 28.2 Å². The van der Waals surface area contributed by atoms with Crippen molar-refractivity contribution in [2.45, 2.75) is 12.3 Å². The summed E-state index contributed by atoms with van der Waals surface area (Å²) in [5, 5.41) is 8.73. The first-order valence-electron chi connectivity index (χ1n) is 6.25. The third-order valence-corrected chi connectivity index (χ3v) is 7.07. The molecule has 0 radical (unpaired) electrons. The molecule has 20 heavy (non-hydrogen) atoms. The van der Waals surface area contributed by atoms with Crippen LogP contribution in [0.1, 0.15) is 12.5 Å². The fraction of sp³-hybridized carbons (Fsp3) is 0.462. The molecule has 0 amide bonds. The number of hydrogen-bond donors (Lipinski definition) is 0. The number of rotatable bonds is 3. The van der Waals surface area contributed by atoms with Gasteiger partial charge in [0.2, 0.25) is 0 Å². The van der Waals surface area contributed by atoms with Crippen molar-refractivity contribution in [2.75, 3.05) is 28.7 Å². The molecule has 7 heteroatoms. The summed E-state index contributed by atoms with van der Waals surface area (Å²) >= 11 is 4.98. The molecule has 0 aromatic heterocycles. The van der Waals surface area contributed by atoms with Crippen LogP contribution < -0.4 is 4.90 Å². The van der Waals surface area contributed by atoms with Gasteiger partial charge in [-0.2, -0.15) is 17.0 Å². The smallest absolute Gasteiger partial charge is 0.171 e. The van der Waals surface area contributed by atoms with Crippen LogP contribution in [0.4, 0.5) is 5.69 Å². The Morgan fingerprint density at radius 3 is 2.95 bits per heavy atom. The average Bonchev–Trinajstić information content (AvgIpc) is 2.47. The Kier molecular flexibility index (Phi) is 4.99. The van der Waals surface area contributed by atoms with Crippen molar-refractivity contribution in [2.24, 2.45) is 0 Å². The predicted octanol–water partition coefficient (Wildman–Crippen LogP) is 2.63. The lowest BCUT2D eigenvalue weighted by Crippen LogP contribution is -2.48. The summed E-state index contributed by atoms with van der Waals surface area (Å²) in [7, 11) is -3.17. The number of benzene rings is 1. The summed E-state index contributed by atoms with van der Waals surface area (Å²) < 4.78 is 25.3. The largest absolute Gasteiger partial charge is 0.352 e. The van der Waals surface area contributed by atoms with Crippen LogP contribution in [0.3, 0.4) is 0 Å². The zero-order valence-corrected chi connectivity index (χ0v) is 14.3. The van der Waals surface area contributed by atoms with E-state index in [1.807, 2.05) is 17.0 Å². The van der Waals surface area contributed by atoms with E-state index in [4.69, 9.17) is 0 Å². The Bertz CT molecular complexity index is 640. The number of nitriles is 1. The van der Waals surface area contributed by atoms with E-state index in [0.29, 0.717) is 23.5 Å². The third-order valence-electron chi connectivity index (χ3n) is 3.29. The quantitative estimate of drug-likeness (QED) is 0.813. The standard InChI is InChI=1S/C13H15BrN2O2S2/c1-2-20(17,18)13-9-19-6-5-16(13)12-4-3-11(14)7-10(12)8-15/h3-4,7,13H,2,5-6,9H2,1H3. The molecule has 1 aliphatic rings. The van der Waals surface area contributed by atoms with Gasteiger partial charge in [0.05, 0.1) is 11.3 Å². The molecule has 0 saturated carbocycles. The molecule has 4 nitrogen and oxygen atoms in total. The zero-order chi connectivity index (χ0) is 14.8. The number of halogens is 1. The predicted molar refractivity (Wildman–Crippen MR) is 86.8 cm³/mol. The fourth-order valence-electron chi connectivity index (χ4n) is 2.19. The van der Waals surface area contributed by atoms with Crippen LogP contribution in [0.2, 0.25) is 0 Å². The fourth-order valence-corrected chi connectivity index (χ4v) is 5.54. The molecule has 1 aromatic rings. The number of hydrogen-bond acceptors (Lipinski definition) is 5. The third kappa shape index (κ3) is 3.13. The van der Waals surface area contributed by atoms with E-state index in [-0.39, 0.29) is 5.75 Å². The molecule has 1 aromatic carbocycles. The molecule has 1 aliphatic heterocycles. The number of anilines is 1. The molecule has 0 spiro atoms. The minimum absolute atomic E-state index is 0.118. The summed E-state index contributed by atoms with van der Waals surface area (Å²) in [5.41, 5.74) is 1.21. The Morgan fingerprint density at radius 2 is 2.30 bits per heavy atom. The van der Waals surface area contributed by atoms with Crippen molar-refractivity contribution >= 4 is 43.2 Å². The highest BCUT2D eigenvalue weighted by Gasteiger charge is 2.33. The first kappa shape index (κ1) is 15.7. The lowest BCUT2D eigenvalue weighted by Gasteiger charge is -2.36. The Balaban J connectivity index is 2.46. The normalized spacial score (nSPS) is 19.6. The second-order valence-electron chi connectivity index (χ2n) is 4.45. The topological polar surface area (TPSA) is 61.2 Å². The van der Waals surface area contributed by atoms with Gasteiger partial charge in [-0.3, -0.25) is 0 Å². The Morgan fingerprint density at radius 1 is 1.55 bits per heavy atom. The molecule has 0 N–H and O–H groups in total. The van der Waals surface area contributed by atoms with Gasteiger partial charge in [0.1, 0.15) is 11.4 Å². The van der Waals surface area contributed by atoms with E-state index in [1.54, 1.807) is 24.8 Å². The molecule has 2 rings (SSSR count).